The Hall–Kier alpha value is -2.60. The lowest BCUT2D eigenvalue weighted by Gasteiger charge is -2.20. The summed E-state index contributed by atoms with van der Waals surface area (Å²) in [4.78, 5) is 17.7. The summed E-state index contributed by atoms with van der Waals surface area (Å²) in [5.41, 5.74) is 4.88. The van der Waals surface area contributed by atoms with Crippen molar-refractivity contribution in [2.75, 3.05) is 46.4 Å². The molecule has 9 nitrogen and oxygen atoms in total. The van der Waals surface area contributed by atoms with Crippen LogP contribution in [-0.2, 0) is 11.8 Å². The molecule has 0 amide bonds. The molecule has 3 aromatic heterocycles. The number of hydrogen-bond donors (Lipinski definition) is 0. The molecule has 4 heterocycles. The number of nitrogens with zero attached hydrogens (tertiary/aromatic N) is 6. The van der Waals surface area contributed by atoms with E-state index in [1.54, 1.807) is 13.3 Å². The number of benzene rings is 1. The first kappa shape index (κ1) is 26.0. The van der Waals surface area contributed by atoms with E-state index >= 15 is 0 Å². The lowest BCUT2D eigenvalue weighted by Crippen LogP contribution is -2.31. The molecule has 1 saturated heterocycles. The predicted molar refractivity (Wildman–Crippen MR) is 137 cm³/mol. The fourth-order valence-electron chi connectivity index (χ4n) is 4.20. The van der Waals surface area contributed by atoms with E-state index in [2.05, 4.69) is 55.1 Å². The maximum atomic E-state index is 5.24. The van der Waals surface area contributed by atoms with Crippen LogP contribution < -0.4 is 0 Å². The molecule has 4 aromatic rings. The van der Waals surface area contributed by atoms with E-state index < -0.39 is 0 Å². The number of aromatic nitrogens is 4. The van der Waals surface area contributed by atoms with E-state index in [0.717, 1.165) is 72.8 Å². The summed E-state index contributed by atoms with van der Waals surface area (Å²) >= 11 is 1.84. The van der Waals surface area contributed by atoms with Crippen molar-refractivity contribution in [3.63, 3.8) is 0 Å². The molecule has 1 aromatic carbocycles. The highest BCUT2D eigenvalue weighted by molar-refractivity contribution is 7.97. The highest BCUT2D eigenvalue weighted by Gasteiger charge is 2.17. The molecule has 1 aliphatic rings. The molecule has 0 radical (unpaired) electrons. The van der Waals surface area contributed by atoms with Crippen molar-refractivity contribution in [1.29, 1.82) is 0 Å². The summed E-state index contributed by atoms with van der Waals surface area (Å²) in [6.07, 6.45) is 4.86. The lowest BCUT2D eigenvalue weighted by molar-refractivity contribution is 0.151. The normalized spacial score (nSPS) is 15.1. The molecule has 0 atom stereocenters. The van der Waals surface area contributed by atoms with E-state index in [1.165, 1.54) is 11.3 Å². The third kappa shape index (κ3) is 5.54. The molecule has 0 aliphatic carbocycles. The summed E-state index contributed by atoms with van der Waals surface area (Å²) in [7, 11) is 3.83. The van der Waals surface area contributed by atoms with Crippen molar-refractivity contribution in [1.82, 2.24) is 28.7 Å². The van der Waals surface area contributed by atoms with E-state index in [1.807, 2.05) is 30.3 Å². The Morgan fingerprint density at radius 2 is 1.85 bits per heavy atom. The lowest BCUT2D eigenvalue weighted by atomic mass is 10.2. The predicted octanol–water partition coefficient (Wildman–Crippen LogP) is 2.20. The van der Waals surface area contributed by atoms with Crippen LogP contribution in [0.5, 0.6) is 0 Å². The molecule has 0 unspecified atom stereocenters. The Kier molecular flexibility index (Phi) is 8.95. The first-order chi connectivity index (χ1) is 15.7. The molecule has 10 heteroatoms. The van der Waals surface area contributed by atoms with Crippen molar-refractivity contribution >= 4 is 34.0 Å². The van der Waals surface area contributed by atoms with Crippen LogP contribution in [0.1, 0.15) is 6.42 Å². The molecule has 34 heavy (non-hydrogen) atoms. The standard InChI is InChI=1S/C24H28N6OS.2H2O/c1-28-23-7-6-19(32-30-10-4-9-29(11-12-30)13-14-31-2)16-22(23)27-24(28)18-15-21-20(26-17-18)5-3-8-25-21;;/h3,5-8,15-17H,4,9-14H2,1-2H3;2*1H2. The van der Waals surface area contributed by atoms with Gasteiger partial charge in [0.15, 0.2) is 0 Å². The van der Waals surface area contributed by atoms with Crippen LogP contribution in [0.25, 0.3) is 33.5 Å². The number of methoxy groups -OCH3 is 1. The second-order valence-electron chi connectivity index (χ2n) is 8.12. The fraction of sp³-hybridized carbons (Fsp3) is 0.375. The van der Waals surface area contributed by atoms with Gasteiger partial charge in [0.25, 0.3) is 0 Å². The summed E-state index contributed by atoms with van der Waals surface area (Å²) in [6, 6.07) is 12.5. The highest BCUT2D eigenvalue weighted by atomic mass is 32.2. The van der Waals surface area contributed by atoms with Crippen LogP contribution in [0.4, 0.5) is 0 Å². The maximum absolute atomic E-state index is 5.24. The number of pyridine rings is 2. The van der Waals surface area contributed by atoms with Gasteiger partial charge in [-0.3, -0.25) is 14.9 Å². The first-order valence-electron chi connectivity index (χ1n) is 11.0. The number of fused-ring (bicyclic) bond motifs is 2. The minimum Gasteiger partial charge on any atom is -0.412 e. The van der Waals surface area contributed by atoms with Crippen LogP contribution in [0, 0.1) is 0 Å². The van der Waals surface area contributed by atoms with Crippen molar-refractivity contribution in [2.24, 2.45) is 7.05 Å². The average Bonchev–Trinajstić information content (AvgIpc) is 2.99. The molecule has 182 valence electrons. The van der Waals surface area contributed by atoms with E-state index in [0.29, 0.717) is 0 Å². The Morgan fingerprint density at radius 1 is 0.971 bits per heavy atom. The second-order valence-corrected chi connectivity index (χ2v) is 9.29. The van der Waals surface area contributed by atoms with E-state index in [-0.39, 0.29) is 11.0 Å². The highest BCUT2D eigenvalue weighted by Crippen LogP contribution is 2.30. The van der Waals surface area contributed by atoms with Crippen molar-refractivity contribution in [3.05, 3.63) is 48.8 Å². The average molecular weight is 485 g/mol. The maximum Gasteiger partial charge on any atom is 0.142 e. The van der Waals surface area contributed by atoms with Crippen LogP contribution in [-0.4, -0.2) is 86.1 Å². The fourth-order valence-corrected chi connectivity index (χ4v) is 5.19. The number of aryl methyl sites for hydroxylation is 1. The SMILES string of the molecule is COCCN1CCCN(Sc2ccc3c(c2)nc(-c2cnc4cccnc4c2)n3C)CC1.O.O. The molecular weight excluding hydrogens is 452 g/mol. The number of hydrogen-bond acceptors (Lipinski definition) is 7. The van der Waals surface area contributed by atoms with Gasteiger partial charge in [-0.05, 0) is 61.3 Å². The summed E-state index contributed by atoms with van der Waals surface area (Å²) in [6.45, 7) is 6.17. The van der Waals surface area contributed by atoms with Crippen LogP contribution in [0.2, 0.25) is 0 Å². The molecule has 0 spiro atoms. The van der Waals surface area contributed by atoms with Crippen LogP contribution in [0.3, 0.4) is 0 Å². The van der Waals surface area contributed by atoms with Gasteiger partial charge in [0.2, 0.25) is 0 Å². The molecule has 0 saturated carbocycles. The van der Waals surface area contributed by atoms with Gasteiger partial charge in [-0.1, -0.05) is 0 Å². The largest absolute Gasteiger partial charge is 0.412 e. The van der Waals surface area contributed by atoms with Crippen molar-refractivity contribution in [3.8, 4) is 11.4 Å². The Balaban J connectivity index is 0.00000162. The minimum absolute atomic E-state index is 0. The zero-order chi connectivity index (χ0) is 21.9. The van der Waals surface area contributed by atoms with Crippen molar-refractivity contribution < 1.29 is 15.7 Å². The molecule has 4 N–H and O–H groups in total. The molecular formula is C24H32N6O3S. The monoisotopic (exact) mass is 484 g/mol. The second kappa shape index (κ2) is 11.7. The Labute approximate surface area is 203 Å². The van der Waals surface area contributed by atoms with Gasteiger partial charge in [-0.2, -0.15) is 0 Å². The zero-order valence-corrected chi connectivity index (χ0v) is 20.4. The smallest absolute Gasteiger partial charge is 0.142 e. The number of imidazole rings is 1. The van der Waals surface area contributed by atoms with Crippen LogP contribution in [0.15, 0.2) is 53.7 Å². The molecule has 1 fully saturated rings. The summed E-state index contributed by atoms with van der Waals surface area (Å²) in [5.74, 6) is 0.908. The topological polar surface area (TPSA) is 122 Å². The summed E-state index contributed by atoms with van der Waals surface area (Å²) in [5, 5.41) is 0. The number of ether oxygens (including phenoxy) is 1. The van der Waals surface area contributed by atoms with Crippen LogP contribution >= 0.6 is 11.9 Å². The third-order valence-corrected chi connectivity index (χ3v) is 7.04. The van der Waals surface area contributed by atoms with Gasteiger partial charge in [0.05, 0.1) is 28.7 Å². The Bertz CT molecular complexity index is 1230. The van der Waals surface area contributed by atoms with Gasteiger partial charge < -0.3 is 20.3 Å². The summed E-state index contributed by atoms with van der Waals surface area (Å²) < 4.78 is 9.84. The first-order valence-corrected chi connectivity index (χ1v) is 11.8. The Morgan fingerprint density at radius 3 is 2.71 bits per heavy atom. The molecule has 0 bridgehead atoms. The number of rotatable bonds is 6. The third-order valence-electron chi connectivity index (χ3n) is 5.96. The quantitative estimate of drug-likeness (QED) is 0.384. The van der Waals surface area contributed by atoms with Gasteiger partial charge >= 0.3 is 0 Å². The molecule has 5 rings (SSSR count). The van der Waals surface area contributed by atoms with Gasteiger partial charge in [-0.25, -0.2) is 9.29 Å². The van der Waals surface area contributed by atoms with Gasteiger partial charge in [-0.15, -0.1) is 0 Å². The zero-order valence-electron chi connectivity index (χ0n) is 19.6. The molecule has 1 aliphatic heterocycles. The van der Waals surface area contributed by atoms with E-state index in [9.17, 15) is 0 Å². The van der Waals surface area contributed by atoms with Gasteiger partial charge in [0, 0.05) is 63.2 Å². The van der Waals surface area contributed by atoms with Crippen molar-refractivity contribution in [2.45, 2.75) is 11.3 Å². The minimum atomic E-state index is 0. The van der Waals surface area contributed by atoms with E-state index in [4.69, 9.17) is 9.72 Å². The van der Waals surface area contributed by atoms with Gasteiger partial charge in [0.1, 0.15) is 5.82 Å².